The van der Waals surface area contributed by atoms with Gasteiger partial charge in [-0.1, -0.05) is 17.7 Å². The van der Waals surface area contributed by atoms with E-state index < -0.39 is 0 Å². The second-order valence-corrected chi connectivity index (χ2v) is 4.79. The quantitative estimate of drug-likeness (QED) is 0.799. The fourth-order valence-electron chi connectivity index (χ4n) is 1.98. The number of amides is 1. The van der Waals surface area contributed by atoms with Gasteiger partial charge in [0.15, 0.2) is 0 Å². The second-order valence-electron chi connectivity index (χ2n) is 4.79. The molecule has 0 atom stereocenters. The first-order valence-electron chi connectivity index (χ1n) is 6.80. The third-order valence-electron chi connectivity index (χ3n) is 3.07. The Hall–Kier alpha value is -3.02. The number of carbonyl (C=O) groups is 1. The Morgan fingerprint density at radius 3 is 2.77 bits per heavy atom. The van der Waals surface area contributed by atoms with Crippen LogP contribution in [0.5, 0.6) is 0 Å². The average molecular weight is 294 g/mol. The van der Waals surface area contributed by atoms with Crippen LogP contribution in [0.25, 0.3) is 11.5 Å². The highest BCUT2D eigenvalue weighted by Gasteiger charge is 2.10. The van der Waals surface area contributed by atoms with Gasteiger partial charge in [-0.25, -0.2) is 0 Å². The molecule has 0 unspecified atom stereocenters. The zero-order valence-electron chi connectivity index (χ0n) is 12.0. The lowest BCUT2D eigenvalue weighted by Crippen LogP contribution is -2.22. The summed E-state index contributed by atoms with van der Waals surface area (Å²) in [7, 11) is 0. The molecule has 1 amide bonds. The second kappa shape index (κ2) is 6.17. The molecule has 1 N–H and O–H groups in total. The standard InChI is InChI=1S/C16H14N4O2/c1-11-3-2-4-13(9-11)16-20-19-14(22-16)10-18-15(21)12-5-7-17-8-6-12/h2-9H,10H2,1H3,(H,18,21). The maximum Gasteiger partial charge on any atom is 0.251 e. The molecule has 22 heavy (non-hydrogen) atoms. The molecule has 1 aromatic carbocycles. The van der Waals surface area contributed by atoms with Crippen molar-refractivity contribution in [2.45, 2.75) is 13.5 Å². The number of benzene rings is 1. The lowest BCUT2D eigenvalue weighted by molar-refractivity contribution is 0.0947. The normalized spacial score (nSPS) is 10.4. The number of hydrogen-bond acceptors (Lipinski definition) is 5. The molecule has 0 aliphatic heterocycles. The van der Waals surface area contributed by atoms with E-state index in [9.17, 15) is 4.79 Å². The summed E-state index contributed by atoms with van der Waals surface area (Å²) in [5.41, 5.74) is 2.51. The summed E-state index contributed by atoms with van der Waals surface area (Å²) in [5.74, 6) is 0.591. The maximum absolute atomic E-state index is 11.9. The summed E-state index contributed by atoms with van der Waals surface area (Å²) in [5, 5.41) is 10.7. The summed E-state index contributed by atoms with van der Waals surface area (Å²) in [6.45, 7) is 2.18. The highest BCUT2D eigenvalue weighted by Crippen LogP contribution is 2.18. The highest BCUT2D eigenvalue weighted by atomic mass is 16.4. The Bertz CT molecular complexity index is 784. The van der Waals surface area contributed by atoms with Gasteiger partial charge in [-0.3, -0.25) is 9.78 Å². The van der Waals surface area contributed by atoms with Crippen molar-refractivity contribution < 1.29 is 9.21 Å². The van der Waals surface area contributed by atoms with Gasteiger partial charge in [-0.15, -0.1) is 10.2 Å². The molecule has 110 valence electrons. The first kappa shape index (κ1) is 13.9. The van der Waals surface area contributed by atoms with E-state index in [-0.39, 0.29) is 12.5 Å². The number of nitrogens with zero attached hydrogens (tertiary/aromatic N) is 3. The summed E-state index contributed by atoms with van der Waals surface area (Å²) in [6.07, 6.45) is 3.13. The highest BCUT2D eigenvalue weighted by molar-refractivity contribution is 5.93. The molecule has 3 aromatic rings. The lowest BCUT2D eigenvalue weighted by Gasteiger charge is -2.01. The molecule has 0 spiro atoms. The van der Waals surface area contributed by atoms with Crippen LogP contribution in [0, 0.1) is 6.92 Å². The Balaban J connectivity index is 1.66. The number of hydrogen-bond donors (Lipinski definition) is 1. The van der Waals surface area contributed by atoms with Gasteiger partial charge in [0.1, 0.15) is 0 Å². The van der Waals surface area contributed by atoms with Gasteiger partial charge in [-0.05, 0) is 31.2 Å². The van der Waals surface area contributed by atoms with Crippen molar-refractivity contribution in [2.24, 2.45) is 0 Å². The van der Waals surface area contributed by atoms with Crippen molar-refractivity contribution in [2.75, 3.05) is 0 Å². The summed E-state index contributed by atoms with van der Waals surface area (Å²) >= 11 is 0. The number of rotatable bonds is 4. The van der Waals surface area contributed by atoms with Crippen LogP contribution in [0.3, 0.4) is 0 Å². The zero-order chi connectivity index (χ0) is 15.4. The number of nitrogens with one attached hydrogen (secondary N) is 1. The van der Waals surface area contributed by atoms with Crippen LogP contribution in [0.15, 0.2) is 53.2 Å². The van der Waals surface area contributed by atoms with Crippen molar-refractivity contribution in [1.82, 2.24) is 20.5 Å². The molecule has 0 aliphatic rings. The maximum atomic E-state index is 11.9. The van der Waals surface area contributed by atoms with E-state index in [2.05, 4.69) is 20.5 Å². The first-order chi connectivity index (χ1) is 10.7. The Labute approximate surface area is 127 Å². The molecule has 0 bridgehead atoms. The number of carbonyl (C=O) groups excluding carboxylic acids is 1. The lowest BCUT2D eigenvalue weighted by atomic mass is 10.1. The van der Waals surface area contributed by atoms with Crippen LogP contribution in [0.4, 0.5) is 0 Å². The van der Waals surface area contributed by atoms with Crippen molar-refractivity contribution in [3.05, 3.63) is 65.8 Å². The van der Waals surface area contributed by atoms with E-state index in [0.717, 1.165) is 11.1 Å². The molecule has 0 saturated carbocycles. The largest absolute Gasteiger partial charge is 0.419 e. The predicted molar refractivity (Wildman–Crippen MR) is 79.9 cm³/mol. The SMILES string of the molecule is Cc1cccc(-c2nnc(CNC(=O)c3ccncc3)o2)c1. The molecule has 6 heteroatoms. The minimum Gasteiger partial charge on any atom is -0.419 e. The van der Waals surface area contributed by atoms with Gasteiger partial charge in [0.25, 0.3) is 5.91 Å². The Kier molecular flexibility index (Phi) is 3.91. The van der Waals surface area contributed by atoms with E-state index in [1.165, 1.54) is 0 Å². The monoisotopic (exact) mass is 294 g/mol. The number of aromatic nitrogens is 3. The van der Waals surface area contributed by atoms with Crippen LogP contribution in [-0.4, -0.2) is 21.1 Å². The number of aryl methyl sites for hydroxylation is 1. The molecule has 6 nitrogen and oxygen atoms in total. The van der Waals surface area contributed by atoms with E-state index in [1.54, 1.807) is 24.5 Å². The fraction of sp³-hybridized carbons (Fsp3) is 0.125. The summed E-state index contributed by atoms with van der Waals surface area (Å²) in [4.78, 5) is 15.8. The number of pyridine rings is 1. The first-order valence-corrected chi connectivity index (χ1v) is 6.80. The molecular formula is C16H14N4O2. The van der Waals surface area contributed by atoms with Crippen LogP contribution in [0.1, 0.15) is 21.8 Å². The topological polar surface area (TPSA) is 80.9 Å². The van der Waals surface area contributed by atoms with Gasteiger partial charge >= 0.3 is 0 Å². The molecule has 2 aromatic heterocycles. The summed E-state index contributed by atoms with van der Waals surface area (Å²) < 4.78 is 5.56. The van der Waals surface area contributed by atoms with Crippen molar-refractivity contribution in [1.29, 1.82) is 0 Å². The van der Waals surface area contributed by atoms with Crippen molar-refractivity contribution in [3.8, 4) is 11.5 Å². The molecule has 0 radical (unpaired) electrons. The Morgan fingerprint density at radius 2 is 2.00 bits per heavy atom. The van der Waals surface area contributed by atoms with E-state index in [4.69, 9.17) is 4.42 Å². The fourth-order valence-corrected chi connectivity index (χ4v) is 1.98. The zero-order valence-corrected chi connectivity index (χ0v) is 12.0. The van der Waals surface area contributed by atoms with Crippen molar-refractivity contribution in [3.63, 3.8) is 0 Å². The van der Waals surface area contributed by atoms with Crippen molar-refractivity contribution >= 4 is 5.91 Å². The average Bonchev–Trinajstić information content (AvgIpc) is 3.02. The smallest absolute Gasteiger partial charge is 0.251 e. The van der Waals surface area contributed by atoms with Gasteiger partial charge in [0.05, 0.1) is 6.54 Å². The molecule has 0 saturated heterocycles. The van der Waals surface area contributed by atoms with Crippen LogP contribution < -0.4 is 5.32 Å². The van der Waals surface area contributed by atoms with Crippen LogP contribution >= 0.6 is 0 Å². The molecular weight excluding hydrogens is 280 g/mol. The van der Waals surface area contributed by atoms with Gasteiger partial charge in [0, 0.05) is 23.5 Å². The van der Waals surface area contributed by atoms with Gasteiger partial charge in [0.2, 0.25) is 11.8 Å². The third kappa shape index (κ3) is 3.17. The Morgan fingerprint density at radius 1 is 1.18 bits per heavy atom. The molecule has 0 aliphatic carbocycles. The predicted octanol–water partition coefficient (Wildman–Crippen LogP) is 2.37. The summed E-state index contributed by atoms with van der Waals surface area (Å²) in [6, 6.07) is 11.1. The molecule has 0 fully saturated rings. The minimum absolute atomic E-state index is 0.181. The van der Waals surface area contributed by atoms with E-state index >= 15 is 0 Å². The minimum atomic E-state index is -0.210. The van der Waals surface area contributed by atoms with E-state index in [1.807, 2.05) is 31.2 Å². The van der Waals surface area contributed by atoms with Crippen LogP contribution in [-0.2, 0) is 6.54 Å². The molecule has 3 rings (SSSR count). The van der Waals surface area contributed by atoms with Gasteiger partial charge in [-0.2, -0.15) is 0 Å². The van der Waals surface area contributed by atoms with Gasteiger partial charge < -0.3 is 9.73 Å². The molecule has 2 heterocycles. The van der Waals surface area contributed by atoms with Crippen LogP contribution in [0.2, 0.25) is 0 Å². The third-order valence-corrected chi connectivity index (χ3v) is 3.07. The van der Waals surface area contributed by atoms with E-state index in [0.29, 0.717) is 17.3 Å².